The highest BCUT2D eigenvalue weighted by Gasteiger charge is 2.08. The van der Waals surface area contributed by atoms with E-state index in [1.165, 1.54) is 16.9 Å². The zero-order chi connectivity index (χ0) is 11.2. The summed E-state index contributed by atoms with van der Waals surface area (Å²) in [6.45, 7) is 0. The van der Waals surface area contributed by atoms with Gasteiger partial charge in [0.2, 0.25) is 0 Å². The Balaban J connectivity index is 1.76. The first-order chi connectivity index (χ1) is 7.86. The summed E-state index contributed by atoms with van der Waals surface area (Å²) in [7, 11) is 0. The topological polar surface area (TPSA) is 33.1 Å². The van der Waals surface area contributed by atoms with Gasteiger partial charge < -0.3 is 5.11 Å². The van der Waals surface area contributed by atoms with E-state index in [1.807, 2.05) is 6.07 Å². The zero-order valence-corrected chi connectivity index (χ0v) is 9.86. The summed E-state index contributed by atoms with van der Waals surface area (Å²) in [4.78, 5) is 4.93. The molecule has 0 aliphatic carbocycles. The predicted octanol–water partition coefficient (Wildman–Crippen LogP) is 3.20. The molecule has 2 nitrogen and oxygen atoms in total. The minimum Gasteiger partial charge on any atom is -0.388 e. The third-order valence-electron chi connectivity index (χ3n) is 2.57. The lowest BCUT2D eigenvalue weighted by Gasteiger charge is -2.07. The Hall–Kier alpha value is -1.19. The van der Waals surface area contributed by atoms with Crippen molar-refractivity contribution in [2.45, 2.75) is 25.4 Å². The Bertz CT molecular complexity index is 399. The second-order valence-corrected chi connectivity index (χ2v) is 4.72. The van der Waals surface area contributed by atoms with E-state index in [9.17, 15) is 5.11 Å². The van der Waals surface area contributed by atoms with Gasteiger partial charge in [-0.25, -0.2) is 0 Å². The quantitative estimate of drug-likeness (QED) is 0.860. The third-order valence-corrected chi connectivity index (χ3v) is 3.44. The van der Waals surface area contributed by atoms with Crippen molar-refractivity contribution in [1.29, 1.82) is 0 Å². The molecule has 16 heavy (non-hydrogen) atoms. The molecule has 0 saturated heterocycles. The van der Waals surface area contributed by atoms with Crippen LogP contribution in [0.5, 0.6) is 0 Å². The van der Waals surface area contributed by atoms with Crippen molar-refractivity contribution in [2.24, 2.45) is 0 Å². The van der Waals surface area contributed by atoms with Gasteiger partial charge in [0, 0.05) is 6.20 Å². The van der Waals surface area contributed by atoms with Crippen LogP contribution in [-0.2, 0) is 6.42 Å². The molecule has 0 bridgehead atoms. The molecule has 1 atom stereocenters. The average molecular weight is 233 g/mol. The molecule has 0 aliphatic heterocycles. The Morgan fingerprint density at radius 2 is 2.06 bits per heavy atom. The van der Waals surface area contributed by atoms with Crippen molar-refractivity contribution in [3.63, 3.8) is 0 Å². The average Bonchev–Trinajstić information content (AvgIpc) is 2.84. The highest BCUT2D eigenvalue weighted by Crippen LogP contribution is 2.22. The summed E-state index contributed by atoms with van der Waals surface area (Å²) in [6.07, 6.45) is 4.23. The van der Waals surface area contributed by atoms with Crippen LogP contribution in [0, 0.1) is 0 Å². The zero-order valence-electron chi connectivity index (χ0n) is 9.04. The largest absolute Gasteiger partial charge is 0.388 e. The molecular formula is C13H15NOS. The van der Waals surface area contributed by atoms with Gasteiger partial charge in [0.1, 0.15) is 0 Å². The van der Waals surface area contributed by atoms with Gasteiger partial charge >= 0.3 is 0 Å². The molecule has 2 aromatic rings. The Labute approximate surface area is 99.6 Å². The number of hydrogen-bond acceptors (Lipinski definition) is 3. The Morgan fingerprint density at radius 1 is 1.25 bits per heavy atom. The molecule has 0 radical (unpaired) electrons. The highest BCUT2D eigenvalue weighted by atomic mass is 32.1. The normalized spacial score (nSPS) is 12.6. The van der Waals surface area contributed by atoms with E-state index in [0.717, 1.165) is 24.1 Å². The van der Waals surface area contributed by atoms with E-state index in [1.54, 1.807) is 11.7 Å². The van der Waals surface area contributed by atoms with Crippen LogP contribution in [0.25, 0.3) is 0 Å². The standard InChI is InChI=1S/C13H15NOS/c15-12(13-9-14-10-16-13)8-4-7-11-5-2-1-3-6-11/h1-3,5-6,9-10,12,15H,4,7-8H2. The molecule has 1 aromatic heterocycles. The van der Waals surface area contributed by atoms with Gasteiger partial charge in [-0.1, -0.05) is 30.3 Å². The van der Waals surface area contributed by atoms with Gasteiger partial charge in [-0.3, -0.25) is 4.98 Å². The SMILES string of the molecule is OC(CCCc1ccccc1)c1cncs1. The molecule has 1 unspecified atom stereocenters. The number of hydrogen-bond donors (Lipinski definition) is 1. The van der Waals surface area contributed by atoms with E-state index in [0.29, 0.717) is 0 Å². The molecule has 84 valence electrons. The van der Waals surface area contributed by atoms with Crippen LogP contribution < -0.4 is 0 Å². The number of rotatable bonds is 5. The minimum absolute atomic E-state index is 0.351. The molecule has 0 aliphatic rings. The first kappa shape index (κ1) is 11.3. The van der Waals surface area contributed by atoms with Gasteiger partial charge in [-0.15, -0.1) is 11.3 Å². The van der Waals surface area contributed by atoms with Gasteiger partial charge in [0.15, 0.2) is 0 Å². The van der Waals surface area contributed by atoms with Crippen LogP contribution in [0.1, 0.15) is 29.4 Å². The number of aromatic nitrogens is 1. The summed E-state index contributed by atoms with van der Waals surface area (Å²) in [5.74, 6) is 0. The molecule has 3 heteroatoms. The minimum atomic E-state index is -0.351. The van der Waals surface area contributed by atoms with Crippen molar-refractivity contribution >= 4 is 11.3 Å². The lowest BCUT2D eigenvalue weighted by atomic mass is 10.1. The maximum absolute atomic E-state index is 9.86. The van der Waals surface area contributed by atoms with Crippen molar-refractivity contribution < 1.29 is 5.11 Å². The van der Waals surface area contributed by atoms with Crippen molar-refractivity contribution in [3.05, 3.63) is 52.5 Å². The number of aliphatic hydroxyl groups is 1. The van der Waals surface area contributed by atoms with Crippen molar-refractivity contribution in [2.75, 3.05) is 0 Å². The fourth-order valence-electron chi connectivity index (χ4n) is 1.68. The molecule has 0 fully saturated rings. The summed E-state index contributed by atoms with van der Waals surface area (Å²) >= 11 is 1.52. The fraction of sp³-hybridized carbons (Fsp3) is 0.308. The Morgan fingerprint density at radius 3 is 2.75 bits per heavy atom. The Kier molecular flexibility index (Phi) is 4.08. The predicted molar refractivity (Wildman–Crippen MR) is 66.5 cm³/mol. The second-order valence-electron chi connectivity index (χ2n) is 3.80. The first-order valence-corrected chi connectivity index (χ1v) is 6.34. The molecule has 0 saturated carbocycles. The van der Waals surface area contributed by atoms with E-state index in [4.69, 9.17) is 0 Å². The molecule has 1 N–H and O–H groups in total. The molecule has 2 rings (SSSR count). The molecular weight excluding hydrogens is 218 g/mol. The van der Waals surface area contributed by atoms with E-state index >= 15 is 0 Å². The van der Waals surface area contributed by atoms with Gasteiger partial charge in [0.25, 0.3) is 0 Å². The van der Waals surface area contributed by atoms with Crippen LogP contribution in [0.4, 0.5) is 0 Å². The molecule has 0 amide bonds. The number of aliphatic hydroxyl groups excluding tert-OH is 1. The molecule has 0 spiro atoms. The lowest BCUT2D eigenvalue weighted by molar-refractivity contribution is 0.168. The van der Waals surface area contributed by atoms with Crippen molar-refractivity contribution in [3.8, 4) is 0 Å². The summed E-state index contributed by atoms with van der Waals surface area (Å²) in [5.41, 5.74) is 3.09. The van der Waals surface area contributed by atoms with Gasteiger partial charge in [-0.2, -0.15) is 0 Å². The number of thiazole rings is 1. The summed E-state index contributed by atoms with van der Waals surface area (Å²) < 4.78 is 0. The van der Waals surface area contributed by atoms with E-state index in [2.05, 4.69) is 29.2 Å². The third kappa shape index (κ3) is 3.15. The summed E-state index contributed by atoms with van der Waals surface area (Å²) in [5, 5.41) is 9.86. The maximum atomic E-state index is 9.86. The van der Waals surface area contributed by atoms with E-state index in [-0.39, 0.29) is 6.10 Å². The van der Waals surface area contributed by atoms with Gasteiger partial charge in [-0.05, 0) is 24.8 Å². The lowest BCUT2D eigenvalue weighted by Crippen LogP contribution is -1.96. The van der Waals surface area contributed by atoms with Crippen LogP contribution in [0.15, 0.2) is 42.0 Å². The van der Waals surface area contributed by atoms with Crippen LogP contribution >= 0.6 is 11.3 Å². The molecule has 1 aromatic carbocycles. The highest BCUT2D eigenvalue weighted by molar-refractivity contribution is 7.09. The fourth-order valence-corrected chi connectivity index (χ4v) is 2.32. The second kappa shape index (κ2) is 5.77. The van der Waals surface area contributed by atoms with Crippen LogP contribution in [-0.4, -0.2) is 10.1 Å². The van der Waals surface area contributed by atoms with Crippen LogP contribution in [0.3, 0.4) is 0 Å². The smallest absolute Gasteiger partial charge is 0.0898 e. The number of aryl methyl sites for hydroxylation is 1. The van der Waals surface area contributed by atoms with Crippen molar-refractivity contribution in [1.82, 2.24) is 4.98 Å². The first-order valence-electron chi connectivity index (χ1n) is 5.46. The monoisotopic (exact) mass is 233 g/mol. The number of nitrogens with zero attached hydrogens (tertiary/aromatic N) is 1. The summed E-state index contributed by atoms with van der Waals surface area (Å²) in [6, 6.07) is 10.4. The van der Waals surface area contributed by atoms with Crippen LogP contribution in [0.2, 0.25) is 0 Å². The molecule has 1 heterocycles. The van der Waals surface area contributed by atoms with Gasteiger partial charge in [0.05, 0.1) is 16.5 Å². The maximum Gasteiger partial charge on any atom is 0.0898 e. The number of benzene rings is 1. The van der Waals surface area contributed by atoms with E-state index < -0.39 is 0 Å².